The van der Waals surface area contributed by atoms with Gasteiger partial charge in [0.15, 0.2) is 0 Å². The van der Waals surface area contributed by atoms with Crippen LogP contribution in [-0.2, 0) is 13.7 Å². The Morgan fingerprint density at radius 2 is 2.28 bits per heavy atom. The van der Waals surface area contributed by atoms with Crippen molar-refractivity contribution in [3.8, 4) is 5.75 Å². The quantitative estimate of drug-likeness (QED) is 0.894. The minimum absolute atomic E-state index is 0.255. The zero-order valence-electron chi connectivity index (χ0n) is 10.3. The van der Waals surface area contributed by atoms with Gasteiger partial charge in [0, 0.05) is 24.7 Å². The predicted octanol–water partition coefficient (Wildman–Crippen LogP) is 1.55. The molecule has 0 aliphatic heterocycles. The van der Waals surface area contributed by atoms with E-state index in [0.29, 0.717) is 17.0 Å². The molecule has 0 amide bonds. The van der Waals surface area contributed by atoms with Crippen molar-refractivity contribution in [1.29, 1.82) is 0 Å². The molecular formula is C12H15FN4O. The molecule has 18 heavy (non-hydrogen) atoms. The molecule has 1 aromatic heterocycles. The highest BCUT2D eigenvalue weighted by atomic mass is 19.1. The molecule has 0 aliphatic carbocycles. The summed E-state index contributed by atoms with van der Waals surface area (Å²) < 4.78 is 20.6. The molecule has 2 rings (SSSR count). The molecule has 6 heteroatoms. The summed E-state index contributed by atoms with van der Waals surface area (Å²) in [6, 6.07) is 4.32. The summed E-state index contributed by atoms with van der Waals surface area (Å²) in [5.41, 5.74) is 6.79. The summed E-state index contributed by atoms with van der Waals surface area (Å²) in [6.45, 7) is 1.99. The Kier molecular flexibility index (Phi) is 3.57. The van der Waals surface area contributed by atoms with Crippen molar-refractivity contribution in [3.63, 3.8) is 0 Å². The summed E-state index contributed by atoms with van der Waals surface area (Å²) in [4.78, 5) is 0. The molecular weight excluding hydrogens is 235 g/mol. The van der Waals surface area contributed by atoms with Gasteiger partial charge in [-0.2, -0.15) is 0 Å². The van der Waals surface area contributed by atoms with Gasteiger partial charge in [-0.3, -0.25) is 4.68 Å². The van der Waals surface area contributed by atoms with E-state index in [1.807, 2.05) is 0 Å². The molecule has 0 saturated heterocycles. The van der Waals surface area contributed by atoms with Crippen LogP contribution in [0, 0.1) is 5.82 Å². The van der Waals surface area contributed by atoms with E-state index in [0.717, 1.165) is 0 Å². The topological polar surface area (TPSA) is 66.0 Å². The Morgan fingerprint density at radius 1 is 1.50 bits per heavy atom. The van der Waals surface area contributed by atoms with Crippen LogP contribution < -0.4 is 10.5 Å². The number of aromatic nitrogens is 3. The first kappa shape index (κ1) is 12.5. The van der Waals surface area contributed by atoms with Crippen molar-refractivity contribution in [2.75, 3.05) is 0 Å². The van der Waals surface area contributed by atoms with Crippen molar-refractivity contribution in [2.24, 2.45) is 12.8 Å². The van der Waals surface area contributed by atoms with Gasteiger partial charge in [-0.15, -0.1) is 5.10 Å². The van der Waals surface area contributed by atoms with Crippen LogP contribution >= 0.6 is 0 Å². The van der Waals surface area contributed by atoms with Crippen molar-refractivity contribution in [1.82, 2.24) is 15.0 Å². The molecule has 0 bridgehead atoms. The summed E-state index contributed by atoms with van der Waals surface area (Å²) in [6.07, 6.45) is 1.74. The fourth-order valence-electron chi connectivity index (χ4n) is 1.59. The van der Waals surface area contributed by atoms with Crippen LogP contribution in [0.3, 0.4) is 0 Å². The molecule has 1 atom stereocenters. The van der Waals surface area contributed by atoms with Crippen molar-refractivity contribution < 1.29 is 9.13 Å². The lowest BCUT2D eigenvalue weighted by Gasteiger charge is -2.09. The lowest BCUT2D eigenvalue weighted by molar-refractivity contribution is 0.299. The Balaban J connectivity index is 2.04. The maximum absolute atomic E-state index is 13.6. The van der Waals surface area contributed by atoms with Crippen LogP contribution in [0.25, 0.3) is 0 Å². The van der Waals surface area contributed by atoms with E-state index in [2.05, 4.69) is 10.3 Å². The zero-order valence-corrected chi connectivity index (χ0v) is 10.3. The van der Waals surface area contributed by atoms with Crippen molar-refractivity contribution in [3.05, 3.63) is 41.5 Å². The molecule has 2 aromatic rings. The Labute approximate surface area is 104 Å². The zero-order chi connectivity index (χ0) is 13.1. The molecule has 2 N–H and O–H groups in total. The highest BCUT2D eigenvalue weighted by Crippen LogP contribution is 2.21. The smallest absolute Gasteiger partial charge is 0.134 e. The monoisotopic (exact) mass is 250 g/mol. The van der Waals surface area contributed by atoms with Gasteiger partial charge in [0.2, 0.25) is 0 Å². The molecule has 0 fully saturated rings. The van der Waals surface area contributed by atoms with Crippen LogP contribution in [0.5, 0.6) is 5.75 Å². The van der Waals surface area contributed by atoms with Gasteiger partial charge < -0.3 is 10.5 Å². The second-order valence-corrected chi connectivity index (χ2v) is 4.14. The third-order valence-electron chi connectivity index (χ3n) is 2.50. The second-order valence-electron chi connectivity index (χ2n) is 4.14. The van der Waals surface area contributed by atoms with E-state index in [4.69, 9.17) is 10.5 Å². The Morgan fingerprint density at radius 3 is 2.83 bits per heavy atom. The maximum Gasteiger partial charge on any atom is 0.134 e. The Hall–Kier alpha value is -1.95. The number of ether oxygens (including phenoxy) is 1. The lowest BCUT2D eigenvalue weighted by atomic mass is 10.1. The summed E-state index contributed by atoms with van der Waals surface area (Å²) in [7, 11) is 1.77. The van der Waals surface area contributed by atoms with Gasteiger partial charge >= 0.3 is 0 Å². The van der Waals surface area contributed by atoms with Gasteiger partial charge in [-0.1, -0.05) is 11.3 Å². The summed E-state index contributed by atoms with van der Waals surface area (Å²) in [5.74, 6) is 0.0872. The number of nitrogens with zero attached hydrogens (tertiary/aromatic N) is 3. The van der Waals surface area contributed by atoms with Crippen molar-refractivity contribution in [2.45, 2.75) is 19.6 Å². The lowest BCUT2D eigenvalue weighted by Crippen LogP contribution is -2.07. The molecule has 96 valence electrons. The van der Waals surface area contributed by atoms with Gasteiger partial charge in [0.05, 0.1) is 6.20 Å². The number of nitrogens with two attached hydrogens (primary N) is 1. The van der Waals surface area contributed by atoms with Gasteiger partial charge in [-0.05, 0) is 13.0 Å². The molecule has 1 aromatic carbocycles. The number of aryl methyl sites for hydroxylation is 1. The van der Waals surface area contributed by atoms with Crippen LogP contribution in [-0.4, -0.2) is 15.0 Å². The van der Waals surface area contributed by atoms with Crippen molar-refractivity contribution >= 4 is 0 Å². The SMILES string of the molecule is C[C@@H](N)c1ccc(OCc2cn(C)nn2)cc1F. The van der Waals surface area contributed by atoms with E-state index in [1.165, 1.54) is 6.07 Å². The maximum atomic E-state index is 13.6. The van der Waals surface area contributed by atoms with E-state index in [-0.39, 0.29) is 18.5 Å². The minimum Gasteiger partial charge on any atom is -0.487 e. The molecule has 0 unspecified atom stereocenters. The largest absolute Gasteiger partial charge is 0.487 e. The molecule has 5 nitrogen and oxygen atoms in total. The molecule has 1 heterocycles. The van der Waals surface area contributed by atoms with E-state index in [1.54, 1.807) is 37.0 Å². The number of hydrogen-bond acceptors (Lipinski definition) is 4. The molecule has 0 radical (unpaired) electrons. The summed E-state index contributed by atoms with van der Waals surface area (Å²) in [5, 5.41) is 7.65. The third kappa shape index (κ3) is 2.84. The second kappa shape index (κ2) is 5.14. The van der Waals surface area contributed by atoms with Gasteiger partial charge in [0.25, 0.3) is 0 Å². The molecule has 0 saturated carbocycles. The first-order valence-corrected chi connectivity index (χ1v) is 5.59. The first-order valence-electron chi connectivity index (χ1n) is 5.59. The first-order chi connectivity index (χ1) is 8.56. The van der Waals surface area contributed by atoms with Gasteiger partial charge in [0.1, 0.15) is 23.9 Å². The van der Waals surface area contributed by atoms with E-state index < -0.39 is 0 Å². The highest BCUT2D eigenvalue weighted by Gasteiger charge is 2.08. The minimum atomic E-state index is -0.360. The van der Waals surface area contributed by atoms with Crippen LogP contribution in [0.1, 0.15) is 24.2 Å². The average Bonchev–Trinajstić information content (AvgIpc) is 2.72. The fraction of sp³-hybridized carbons (Fsp3) is 0.333. The molecule has 0 spiro atoms. The standard InChI is InChI=1S/C12H15FN4O/c1-8(14)11-4-3-10(5-12(11)13)18-7-9-6-17(2)16-15-9/h3-6,8H,7,14H2,1-2H3/t8-/m1/s1. The van der Waals surface area contributed by atoms with Gasteiger partial charge in [-0.25, -0.2) is 4.39 Å². The number of benzene rings is 1. The number of hydrogen-bond donors (Lipinski definition) is 1. The van der Waals surface area contributed by atoms with Crippen LogP contribution in [0.4, 0.5) is 4.39 Å². The Bertz CT molecular complexity index is 539. The highest BCUT2D eigenvalue weighted by molar-refractivity contribution is 5.30. The van der Waals surface area contributed by atoms with E-state index >= 15 is 0 Å². The van der Waals surface area contributed by atoms with Crippen LogP contribution in [0.2, 0.25) is 0 Å². The fourth-order valence-corrected chi connectivity index (χ4v) is 1.59. The van der Waals surface area contributed by atoms with E-state index in [9.17, 15) is 4.39 Å². The number of rotatable bonds is 4. The third-order valence-corrected chi connectivity index (χ3v) is 2.50. The summed E-state index contributed by atoms with van der Waals surface area (Å²) >= 11 is 0. The average molecular weight is 250 g/mol. The van der Waals surface area contributed by atoms with Crippen LogP contribution in [0.15, 0.2) is 24.4 Å². The molecule has 0 aliphatic rings. The predicted molar refractivity (Wildman–Crippen MR) is 64.3 cm³/mol. The number of halogens is 1. The normalized spacial score (nSPS) is 12.4.